The number of methoxy groups -OCH3 is 1. The van der Waals surface area contributed by atoms with E-state index in [0.29, 0.717) is 0 Å². The van der Waals surface area contributed by atoms with E-state index in [1.54, 1.807) is 0 Å². The largest absolute Gasteiger partial charge is 0.495 e. The van der Waals surface area contributed by atoms with Crippen LogP contribution in [0.4, 0.5) is 24.5 Å². The van der Waals surface area contributed by atoms with E-state index in [0.717, 1.165) is 12.1 Å². The number of halogens is 3. The molecule has 1 rings (SSSR count). The SMILES string of the molecule is COc1ccc([N+](=O)[O-])cc1NCC(F)(F)F. The van der Waals surface area contributed by atoms with Gasteiger partial charge < -0.3 is 10.1 Å². The number of hydrogen-bond acceptors (Lipinski definition) is 4. The van der Waals surface area contributed by atoms with E-state index in [2.05, 4.69) is 0 Å². The molecule has 1 aromatic rings. The fourth-order valence-electron chi connectivity index (χ4n) is 1.14. The molecule has 0 fully saturated rings. The first-order valence-corrected chi connectivity index (χ1v) is 4.46. The molecule has 8 heteroatoms. The molecule has 0 atom stereocenters. The highest BCUT2D eigenvalue weighted by Crippen LogP contribution is 2.29. The number of anilines is 1. The maximum Gasteiger partial charge on any atom is 0.405 e. The Morgan fingerprint density at radius 2 is 2.12 bits per heavy atom. The molecule has 0 spiro atoms. The maximum atomic E-state index is 12.0. The van der Waals surface area contributed by atoms with Crippen LogP contribution in [-0.2, 0) is 0 Å². The van der Waals surface area contributed by atoms with Crippen LogP contribution in [0.3, 0.4) is 0 Å². The summed E-state index contributed by atoms with van der Waals surface area (Å²) in [6, 6.07) is 3.37. The van der Waals surface area contributed by atoms with Gasteiger partial charge in [-0.3, -0.25) is 10.1 Å². The maximum absolute atomic E-state index is 12.0. The molecule has 0 heterocycles. The molecular formula is C9H9F3N2O3. The topological polar surface area (TPSA) is 64.4 Å². The number of nitro benzene ring substituents is 1. The second-order valence-electron chi connectivity index (χ2n) is 3.11. The number of nitrogens with one attached hydrogen (secondary N) is 1. The van der Waals surface area contributed by atoms with Gasteiger partial charge in [-0.2, -0.15) is 13.2 Å². The average molecular weight is 250 g/mol. The van der Waals surface area contributed by atoms with Crippen LogP contribution in [-0.4, -0.2) is 24.8 Å². The van der Waals surface area contributed by atoms with Gasteiger partial charge in [0.15, 0.2) is 0 Å². The van der Waals surface area contributed by atoms with E-state index in [1.807, 2.05) is 5.32 Å². The Bertz CT molecular complexity index is 420. The van der Waals surface area contributed by atoms with Gasteiger partial charge in [-0.25, -0.2) is 0 Å². The predicted octanol–water partition coefficient (Wildman–Crippen LogP) is 2.58. The third-order valence-corrected chi connectivity index (χ3v) is 1.87. The lowest BCUT2D eigenvalue weighted by atomic mass is 10.2. The van der Waals surface area contributed by atoms with E-state index in [-0.39, 0.29) is 17.1 Å². The number of benzene rings is 1. The van der Waals surface area contributed by atoms with Crippen molar-refractivity contribution in [3.63, 3.8) is 0 Å². The summed E-state index contributed by atoms with van der Waals surface area (Å²) in [5, 5.41) is 12.5. The molecular weight excluding hydrogens is 241 g/mol. The molecule has 94 valence electrons. The minimum atomic E-state index is -4.41. The monoisotopic (exact) mass is 250 g/mol. The fraction of sp³-hybridized carbons (Fsp3) is 0.333. The van der Waals surface area contributed by atoms with Crippen LogP contribution in [0.15, 0.2) is 18.2 Å². The summed E-state index contributed by atoms with van der Waals surface area (Å²) in [6.07, 6.45) is -4.41. The Morgan fingerprint density at radius 3 is 2.59 bits per heavy atom. The predicted molar refractivity (Wildman–Crippen MR) is 54.2 cm³/mol. The quantitative estimate of drug-likeness (QED) is 0.658. The zero-order valence-corrected chi connectivity index (χ0v) is 8.75. The Hall–Kier alpha value is -1.99. The highest BCUT2D eigenvalue weighted by molar-refractivity contribution is 5.61. The van der Waals surface area contributed by atoms with Crippen LogP contribution in [0.25, 0.3) is 0 Å². The molecule has 0 saturated carbocycles. The van der Waals surface area contributed by atoms with Crippen molar-refractivity contribution in [1.29, 1.82) is 0 Å². The van der Waals surface area contributed by atoms with Gasteiger partial charge in [0.25, 0.3) is 5.69 Å². The molecule has 0 bridgehead atoms. The summed E-state index contributed by atoms with van der Waals surface area (Å²) in [6.45, 7) is -1.29. The van der Waals surface area contributed by atoms with E-state index in [4.69, 9.17) is 4.74 Å². The highest BCUT2D eigenvalue weighted by atomic mass is 19.4. The summed E-state index contributed by atoms with van der Waals surface area (Å²) in [7, 11) is 1.26. The number of alkyl halides is 3. The van der Waals surface area contributed by atoms with Gasteiger partial charge in [0.2, 0.25) is 0 Å². The van der Waals surface area contributed by atoms with Crippen molar-refractivity contribution in [1.82, 2.24) is 0 Å². The number of hydrogen-bond donors (Lipinski definition) is 1. The minimum absolute atomic E-state index is 0.0703. The first kappa shape index (κ1) is 13.1. The summed E-state index contributed by atoms with van der Waals surface area (Å²) < 4.78 is 40.8. The molecule has 1 aromatic carbocycles. The normalized spacial score (nSPS) is 11.1. The molecule has 0 radical (unpaired) electrons. The number of nitrogens with zero attached hydrogens (tertiary/aromatic N) is 1. The molecule has 0 unspecified atom stereocenters. The van der Waals surface area contributed by atoms with Crippen molar-refractivity contribution in [2.75, 3.05) is 19.0 Å². The van der Waals surface area contributed by atoms with E-state index >= 15 is 0 Å². The van der Waals surface area contributed by atoms with Crippen molar-refractivity contribution in [2.45, 2.75) is 6.18 Å². The second-order valence-corrected chi connectivity index (χ2v) is 3.11. The minimum Gasteiger partial charge on any atom is -0.495 e. The Kier molecular flexibility index (Phi) is 3.77. The van der Waals surface area contributed by atoms with Crippen LogP contribution in [0.5, 0.6) is 5.75 Å². The lowest BCUT2D eigenvalue weighted by molar-refractivity contribution is -0.384. The van der Waals surface area contributed by atoms with Gasteiger partial charge in [-0.1, -0.05) is 0 Å². The number of rotatable bonds is 4. The van der Waals surface area contributed by atoms with Crippen molar-refractivity contribution in [2.24, 2.45) is 0 Å². The van der Waals surface area contributed by atoms with Crippen molar-refractivity contribution >= 4 is 11.4 Å². The number of ether oxygens (including phenoxy) is 1. The van der Waals surface area contributed by atoms with Crippen molar-refractivity contribution in [3.8, 4) is 5.75 Å². The van der Waals surface area contributed by atoms with Gasteiger partial charge >= 0.3 is 6.18 Å². The number of nitro groups is 1. The Labute approximate surface area is 94.3 Å². The summed E-state index contributed by atoms with van der Waals surface area (Å²) >= 11 is 0. The summed E-state index contributed by atoms with van der Waals surface area (Å²) in [5.41, 5.74) is -0.380. The standard InChI is InChI=1S/C9H9F3N2O3/c1-17-8-3-2-6(14(15)16)4-7(8)13-5-9(10,11)12/h2-4,13H,5H2,1H3. The summed E-state index contributed by atoms with van der Waals surface area (Å²) in [4.78, 5) is 9.77. The Balaban J connectivity index is 2.94. The zero-order chi connectivity index (χ0) is 13.1. The van der Waals surface area contributed by atoms with E-state index < -0.39 is 17.6 Å². The molecule has 5 nitrogen and oxygen atoms in total. The molecule has 0 aromatic heterocycles. The van der Waals surface area contributed by atoms with Crippen molar-refractivity contribution in [3.05, 3.63) is 28.3 Å². The van der Waals surface area contributed by atoms with Crippen LogP contribution in [0.1, 0.15) is 0 Å². The number of non-ortho nitro benzene ring substituents is 1. The molecule has 1 N–H and O–H groups in total. The van der Waals surface area contributed by atoms with Crippen LogP contribution in [0.2, 0.25) is 0 Å². The first-order valence-electron chi connectivity index (χ1n) is 4.46. The van der Waals surface area contributed by atoms with Gasteiger partial charge in [0.05, 0.1) is 17.7 Å². The lowest BCUT2D eigenvalue weighted by Crippen LogP contribution is -2.21. The summed E-state index contributed by atoms with van der Waals surface area (Å²) in [5.74, 6) is 0.111. The van der Waals surface area contributed by atoms with Gasteiger partial charge in [0, 0.05) is 12.1 Å². The van der Waals surface area contributed by atoms with E-state index in [9.17, 15) is 23.3 Å². The van der Waals surface area contributed by atoms with Crippen molar-refractivity contribution < 1.29 is 22.8 Å². The van der Waals surface area contributed by atoms with Gasteiger partial charge in [-0.05, 0) is 6.07 Å². The first-order chi connectivity index (χ1) is 7.83. The van der Waals surface area contributed by atoms with Gasteiger partial charge in [0.1, 0.15) is 12.3 Å². The fourth-order valence-corrected chi connectivity index (χ4v) is 1.14. The van der Waals surface area contributed by atoms with Crippen LogP contribution in [0, 0.1) is 10.1 Å². The second kappa shape index (κ2) is 4.89. The average Bonchev–Trinajstić information content (AvgIpc) is 2.24. The van der Waals surface area contributed by atoms with Gasteiger partial charge in [-0.15, -0.1) is 0 Å². The van der Waals surface area contributed by atoms with E-state index in [1.165, 1.54) is 13.2 Å². The molecule has 0 saturated heterocycles. The molecule has 0 aliphatic heterocycles. The Morgan fingerprint density at radius 1 is 1.47 bits per heavy atom. The molecule has 0 amide bonds. The van der Waals surface area contributed by atoms with Crippen LogP contribution >= 0.6 is 0 Å². The smallest absolute Gasteiger partial charge is 0.405 e. The van der Waals surface area contributed by atoms with Crippen LogP contribution < -0.4 is 10.1 Å². The molecule has 0 aliphatic rings. The molecule has 0 aliphatic carbocycles. The third-order valence-electron chi connectivity index (χ3n) is 1.87. The third kappa shape index (κ3) is 3.82. The highest BCUT2D eigenvalue weighted by Gasteiger charge is 2.27. The molecule has 17 heavy (non-hydrogen) atoms. The zero-order valence-electron chi connectivity index (χ0n) is 8.75. The lowest BCUT2D eigenvalue weighted by Gasteiger charge is -2.12.